The van der Waals surface area contributed by atoms with Gasteiger partial charge in [-0.05, 0) is 37.3 Å². The number of aryl methyl sites for hydroxylation is 1. The van der Waals surface area contributed by atoms with Crippen LogP contribution in [0.15, 0.2) is 42.5 Å². The largest absolute Gasteiger partial charge is 0.416 e. The molecule has 0 aliphatic carbocycles. The Labute approximate surface area is 170 Å². The molecule has 0 saturated heterocycles. The Kier molecular flexibility index (Phi) is 5.21. The first kappa shape index (κ1) is 19.7. The highest BCUT2D eigenvalue weighted by Gasteiger charge is 2.31. The van der Waals surface area contributed by atoms with Crippen molar-refractivity contribution >= 4 is 38.8 Å². The van der Waals surface area contributed by atoms with Crippen LogP contribution in [0.3, 0.4) is 0 Å². The highest BCUT2D eigenvalue weighted by atomic mass is 32.1. The van der Waals surface area contributed by atoms with Crippen molar-refractivity contribution in [3.05, 3.63) is 53.0 Å². The van der Waals surface area contributed by atoms with Crippen LogP contribution in [0.2, 0.25) is 0 Å². The summed E-state index contributed by atoms with van der Waals surface area (Å²) in [5.41, 5.74) is 1.58. The zero-order chi connectivity index (χ0) is 20.6. The number of fused-ring (bicyclic) bond motifs is 2. The van der Waals surface area contributed by atoms with Gasteiger partial charge in [-0.3, -0.25) is 4.79 Å². The number of aromatic nitrogens is 1. The zero-order valence-electron chi connectivity index (χ0n) is 15.9. The van der Waals surface area contributed by atoms with E-state index in [1.807, 2.05) is 24.3 Å². The number of carbonyl (C=O) groups is 1. The van der Waals surface area contributed by atoms with E-state index in [1.54, 1.807) is 4.90 Å². The van der Waals surface area contributed by atoms with Crippen molar-refractivity contribution in [3.8, 4) is 0 Å². The van der Waals surface area contributed by atoms with E-state index in [-0.39, 0.29) is 12.3 Å². The number of anilines is 2. The molecule has 2 aromatic carbocycles. The predicted octanol–water partition coefficient (Wildman–Crippen LogP) is 5.12. The number of thiazole rings is 1. The van der Waals surface area contributed by atoms with Crippen LogP contribution in [0.5, 0.6) is 0 Å². The second kappa shape index (κ2) is 7.67. The molecule has 3 aromatic rings. The average molecular weight is 419 g/mol. The first-order valence-corrected chi connectivity index (χ1v) is 10.3. The van der Waals surface area contributed by atoms with Gasteiger partial charge in [0.25, 0.3) is 0 Å². The molecule has 29 heavy (non-hydrogen) atoms. The maximum atomic E-state index is 12.9. The summed E-state index contributed by atoms with van der Waals surface area (Å²) < 4.78 is 39.3. The highest BCUT2D eigenvalue weighted by molar-refractivity contribution is 7.18. The van der Waals surface area contributed by atoms with E-state index in [2.05, 4.69) is 16.8 Å². The Morgan fingerprint density at radius 2 is 1.90 bits per heavy atom. The monoisotopic (exact) mass is 419 g/mol. The number of hydrogen-bond acceptors (Lipinski definition) is 4. The van der Waals surface area contributed by atoms with Gasteiger partial charge in [0, 0.05) is 32.5 Å². The Bertz CT molecular complexity index is 1050. The summed E-state index contributed by atoms with van der Waals surface area (Å²) in [6.07, 6.45) is -3.70. The summed E-state index contributed by atoms with van der Waals surface area (Å²) in [6.45, 7) is 4.37. The molecular formula is C21H20F3N3OS. The minimum Gasteiger partial charge on any atom is -0.368 e. The quantitative estimate of drug-likeness (QED) is 0.589. The number of alkyl halides is 3. The fraction of sp³-hybridized carbons (Fsp3) is 0.333. The van der Waals surface area contributed by atoms with Gasteiger partial charge in [-0.1, -0.05) is 12.1 Å². The molecule has 152 valence electrons. The van der Waals surface area contributed by atoms with E-state index in [0.717, 1.165) is 36.6 Å². The lowest BCUT2D eigenvalue weighted by Gasteiger charge is -2.37. The molecule has 1 aliphatic rings. The molecule has 0 atom stereocenters. The summed E-state index contributed by atoms with van der Waals surface area (Å²) in [5, 5.41) is 0.674. The number of carbonyl (C=O) groups excluding carboxylic acids is 1. The molecule has 1 aliphatic heterocycles. The summed E-state index contributed by atoms with van der Waals surface area (Å²) in [5.74, 6) is 0.00318. The second-order valence-corrected chi connectivity index (χ2v) is 8.02. The van der Waals surface area contributed by atoms with E-state index in [9.17, 15) is 18.0 Å². The van der Waals surface area contributed by atoms with Gasteiger partial charge in [0.1, 0.15) is 0 Å². The van der Waals surface area contributed by atoms with Gasteiger partial charge in [0.15, 0.2) is 0 Å². The van der Waals surface area contributed by atoms with Crippen LogP contribution >= 0.6 is 11.3 Å². The van der Waals surface area contributed by atoms with Crippen molar-refractivity contribution in [1.29, 1.82) is 0 Å². The molecule has 0 unspecified atom stereocenters. The van der Waals surface area contributed by atoms with E-state index < -0.39 is 11.7 Å². The highest BCUT2D eigenvalue weighted by Crippen LogP contribution is 2.34. The molecule has 0 bridgehead atoms. The Balaban J connectivity index is 1.49. The summed E-state index contributed by atoms with van der Waals surface area (Å²) in [4.78, 5) is 21.2. The molecule has 0 fully saturated rings. The second-order valence-electron chi connectivity index (χ2n) is 6.90. The van der Waals surface area contributed by atoms with Crippen molar-refractivity contribution in [2.45, 2.75) is 25.9 Å². The normalized spacial score (nSPS) is 14.3. The molecule has 4 nitrogen and oxygen atoms in total. The first-order chi connectivity index (χ1) is 13.9. The smallest absolute Gasteiger partial charge is 0.368 e. The Hall–Kier alpha value is -2.61. The van der Waals surface area contributed by atoms with Crippen molar-refractivity contribution in [1.82, 2.24) is 4.98 Å². The molecule has 2 heterocycles. The van der Waals surface area contributed by atoms with Gasteiger partial charge in [-0.2, -0.15) is 13.2 Å². The van der Waals surface area contributed by atoms with Crippen molar-refractivity contribution in [3.63, 3.8) is 0 Å². The van der Waals surface area contributed by atoms with E-state index >= 15 is 0 Å². The molecule has 4 rings (SSSR count). The minimum atomic E-state index is -4.39. The molecular weight excluding hydrogens is 399 g/mol. The van der Waals surface area contributed by atoms with Crippen LogP contribution in [-0.2, 0) is 17.4 Å². The van der Waals surface area contributed by atoms with Gasteiger partial charge in [0.2, 0.25) is 5.91 Å². The number of amides is 1. The van der Waals surface area contributed by atoms with Crippen LogP contribution in [0.1, 0.15) is 23.9 Å². The van der Waals surface area contributed by atoms with E-state index in [0.29, 0.717) is 28.2 Å². The van der Waals surface area contributed by atoms with Crippen molar-refractivity contribution in [2.75, 3.05) is 29.4 Å². The van der Waals surface area contributed by atoms with Gasteiger partial charge in [0.05, 0.1) is 32.2 Å². The maximum Gasteiger partial charge on any atom is 0.416 e. The van der Waals surface area contributed by atoms with Crippen LogP contribution < -0.4 is 9.80 Å². The number of halogens is 3. The number of likely N-dealkylation sites (N-methyl/N-ethyl adjacent to an activating group) is 1. The first-order valence-electron chi connectivity index (χ1n) is 9.48. The lowest BCUT2D eigenvalue weighted by Crippen LogP contribution is -2.44. The third-order valence-corrected chi connectivity index (χ3v) is 6.20. The van der Waals surface area contributed by atoms with Crippen LogP contribution in [0.25, 0.3) is 10.2 Å². The average Bonchev–Trinajstić information content (AvgIpc) is 3.12. The predicted molar refractivity (Wildman–Crippen MR) is 110 cm³/mol. The van der Waals surface area contributed by atoms with Crippen molar-refractivity contribution in [2.24, 2.45) is 0 Å². The Morgan fingerprint density at radius 3 is 2.62 bits per heavy atom. The number of hydrogen-bond donors (Lipinski definition) is 0. The van der Waals surface area contributed by atoms with E-state index in [1.165, 1.54) is 17.4 Å². The molecule has 0 radical (unpaired) electrons. The van der Waals surface area contributed by atoms with Gasteiger partial charge < -0.3 is 9.80 Å². The van der Waals surface area contributed by atoms with E-state index in [4.69, 9.17) is 0 Å². The molecule has 0 N–H and O–H groups in total. The molecule has 1 amide bonds. The molecule has 0 spiro atoms. The number of rotatable bonds is 4. The number of nitrogens with zero attached hydrogens (tertiary/aromatic N) is 3. The standard InChI is InChI=1S/C21H20F3N3OS/c1-2-26-11-12-27(17-6-4-3-5-16(17)26)20(28)10-9-19-25-15-13-14(21(22,23)24)7-8-18(15)29-19/h3-8,13H,2,9-12H2,1H3. The number of benzene rings is 2. The topological polar surface area (TPSA) is 36.4 Å². The van der Waals surface area contributed by atoms with Crippen LogP contribution in [0.4, 0.5) is 24.5 Å². The summed E-state index contributed by atoms with van der Waals surface area (Å²) >= 11 is 1.34. The summed E-state index contributed by atoms with van der Waals surface area (Å²) in [7, 11) is 0. The minimum absolute atomic E-state index is 0.00318. The van der Waals surface area contributed by atoms with Crippen LogP contribution in [0, 0.1) is 0 Å². The number of para-hydroxylation sites is 2. The molecule has 1 aromatic heterocycles. The van der Waals surface area contributed by atoms with Gasteiger partial charge in [-0.25, -0.2) is 4.98 Å². The fourth-order valence-corrected chi connectivity index (χ4v) is 4.56. The van der Waals surface area contributed by atoms with Crippen LogP contribution in [-0.4, -0.2) is 30.5 Å². The lowest BCUT2D eigenvalue weighted by molar-refractivity contribution is -0.137. The van der Waals surface area contributed by atoms with Crippen molar-refractivity contribution < 1.29 is 18.0 Å². The lowest BCUT2D eigenvalue weighted by atomic mass is 10.1. The van der Waals surface area contributed by atoms with Gasteiger partial charge in [-0.15, -0.1) is 11.3 Å². The van der Waals surface area contributed by atoms with Gasteiger partial charge >= 0.3 is 6.18 Å². The third kappa shape index (κ3) is 3.94. The third-order valence-electron chi connectivity index (χ3n) is 5.10. The molecule has 8 heteroatoms. The molecule has 0 saturated carbocycles. The Morgan fingerprint density at radius 1 is 1.14 bits per heavy atom. The summed E-state index contributed by atoms with van der Waals surface area (Å²) in [6, 6.07) is 11.4. The fourth-order valence-electron chi connectivity index (χ4n) is 3.62. The SMILES string of the molecule is CCN1CCN(C(=O)CCc2nc3cc(C(F)(F)F)ccc3s2)c2ccccc21. The maximum absolute atomic E-state index is 12.9. The zero-order valence-corrected chi connectivity index (χ0v) is 16.7.